The average Bonchev–Trinajstić information content (AvgIpc) is 3.35. The van der Waals surface area contributed by atoms with Crippen LogP contribution < -0.4 is 5.73 Å². The molecule has 0 radical (unpaired) electrons. The van der Waals surface area contributed by atoms with E-state index in [1.165, 1.54) is 28.9 Å². The summed E-state index contributed by atoms with van der Waals surface area (Å²) in [5.74, 6) is 0. The fraction of sp³-hybridized carbons (Fsp3) is 0.105. The van der Waals surface area contributed by atoms with E-state index in [2.05, 4.69) is 15.4 Å². The molecule has 4 aromatic rings. The van der Waals surface area contributed by atoms with Gasteiger partial charge in [-0.05, 0) is 36.4 Å². The van der Waals surface area contributed by atoms with Gasteiger partial charge in [-0.1, -0.05) is 17.3 Å². The summed E-state index contributed by atoms with van der Waals surface area (Å²) in [6, 6.07) is 12.1. The molecule has 0 fully saturated rings. The molecule has 160 valence electrons. The van der Waals surface area contributed by atoms with E-state index >= 15 is 0 Å². The van der Waals surface area contributed by atoms with Gasteiger partial charge in [0.05, 0.1) is 17.6 Å². The van der Waals surface area contributed by atoms with Crippen molar-refractivity contribution >= 4 is 5.69 Å². The number of aromatic nitrogens is 5. The Labute approximate surface area is 170 Å². The van der Waals surface area contributed by atoms with Gasteiger partial charge < -0.3 is 5.73 Å². The third-order valence-corrected chi connectivity index (χ3v) is 4.32. The van der Waals surface area contributed by atoms with Crippen LogP contribution in [0.2, 0.25) is 0 Å². The number of nitrogen functional groups attached to an aromatic ring is 1. The second kappa shape index (κ2) is 7.15. The molecule has 0 aliphatic carbocycles. The molecule has 4 rings (SSSR count). The van der Waals surface area contributed by atoms with Crippen LogP contribution >= 0.6 is 0 Å². The van der Waals surface area contributed by atoms with Crippen molar-refractivity contribution in [1.82, 2.24) is 24.8 Å². The fourth-order valence-corrected chi connectivity index (χ4v) is 2.89. The first-order valence-electron chi connectivity index (χ1n) is 8.66. The van der Waals surface area contributed by atoms with Crippen LogP contribution in [0.1, 0.15) is 11.4 Å². The molecule has 2 heterocycles. The quantitative estimate of drug-likeness (QED) is 0.370. The average molecular weight is 438 g/mol. The first-order chi connectivity index (χ1) is 14.5. The van der Waals surface area contributed by atoms with Crippen molar-refractivity contribution in [1.29, 1.82) is 0 Å². The lowest BCUT2D eigenvalue weighted by Gasteiger charge is -2.10. The van der Waals surface area contributed by atoms with Gasteiger partial charge in [-0.2, -0.15) is 31.4 Å². The van der Waals surface area contributed by atoms with Crippen LogP contribution in [0.4, 0.5) is 32.0 Å². The lowest BCUT2D eigenvalue weighted by Crippen LogP contribution is -2.13. The summed E-state index contributed by atoms with van der Waals surface area (Å²) in [6.07, 6.45) is -8.45. The van der Waals surface area contributed by atoms with Gasteiger partial charge in [-0.15, -0.1) is 5.10 Å². The topological polar surface area (TPSA) is 74.5 Å². The number of nitrogens with zero attached hydrogens (tertiary/aromatic N) is 5. The van der Waals surface area contributed by atoms with Gasteiger partial charge in [-0.25, -0.2) is 9.36 Å². The van der Waals surface area contributed by atoms with Gasteiger partial charge in [0, 0.05) is 17.3 Å². The van der Waals surface area contributed by atoms with Crippen LogP contribution in [0.5, 0.6) is 0 Å². The molecule has 6 nitrogen and oxygen atoms in total. The fourth-order valence-electron chi connectivity index (χ4n) is 2.89. The Bertz CT molecular complexity index is 1220. The molecule has 31 heavy (non-hydrogen) atoms. The zero-order valence-corrected chi connectivity index (χ0v) is 15.4. The zero-order chi connectivity index (χ0) is 22.4. The predicted molar refractivity (Wildman–Crippen MR) is 98.3 cm³/mol. The van der Waals surface area contributed by atoms with Crippen molar-refractivity contribution in [3.63, 3.8) is 0 Å². The summed E-state index contributed by atoms with van der Waals surface area (Å²) in [6.45, 7) is 0. The highest BCUT2D eigenvalue weighted by Gasteiger charge is 2.42. The molecule has 0 aliphatic heterocycles. The SMILES string of the molecule is Nc1cccc(-c2cn(-c3ccc(-n4nc(C(F)(F)F)cc4C(F)(F)F)cc3)nn2)c1. The second-order valence-electron chi connectivity index (χ2n) is 6.51. The van der Waals surface area contributed by atoms with Crippen LogP contribution in [0, 0.1) is 0 Å². The number of rotatable bonds is 3. The number of hydrogen-bond acceptors (Lipinski definition) is 4. The Morgan fingerprint density at radius 3 is 2.10 bits per heavy atom. The normalized spacial score (nSPS) is 12.3. The standard InChI is InChI=1S/C19H12F6N6/c20-18(21,22)16-9-17(19(23,24)25)31(28-16)14-6-4-13(5-7-14)30-10-15(27-29-30)11-2-1-3-12(26)8-11/h1-10H,26H2. The first kappa shape index (κ1) is 20.4. The maximum Gasteiger partial charge on any atom is 0.435 e. The van der Waals surface area contributed by atoms with E-state index in [0.29, 0.717) is 22.6 Å². The van der Waals surface area contributed by atoms with Crippen LogP contribution in [-0.2, 0) is 12.4 Å². The molecule has 0 bridgehead atoms. The van der Waals surface area contributed by atoms with E-state index < -0.39 is 23.7 Å². The van der Waals surface area contributed by atoms with Crippen molar-refractivity contribution in [2.75, 3.05) is 5.73 Å². The molecule has 2 N–H and O–H groups in total. The molecule has 2 aromatic carbocycles. The summed E-state index contributed by atoms with van der Waals surface area (Å²) < 4.78 is 79.8. The molecular weight excluding hydrogens is 426 g/mol. The number of alkyl halides is 6. The summed E-state index contributed by atoms with van der Waals surface area (Å²) in [5, 5.41) is 11.1. The van der Waals surface area contributed by atoms with E-state index in [1.54, 1.807) is 30.5 Å². The van der Waals surface area contributed by atoms with E-state index in [-0.39, 0.29) is 16.4 Å². The summed E-state index contributed by atoms with van der Waals surface area (Å²) >= 11 is 0. The molecule has 0 saturated heterocycles. The smallest absolute Gasteiger partial charge is 0.399 e. The largest absolute Gasteiger partial charge is 0.435 e. The molecule has 0 amide bonds. The van der Waals surface area contributed by atoms with Gasteiger partial charge in [-0.3, -0.25) is 0 Å². The highest BCUT2D eigenvalue weighted by atomic mass is 19.4. The Morgan fingerprint density at radius 1 is 0.806 bits per heavy atom. The van der Waals surface area contributed by atoms with Crippen molar-refractivity contribution in [2.45, 2.75) is 12.4 Å². The molecule has 0 spiro atoms. The van der Waals surface area contributed by atoms with E-state index in [9.17, 15) is 26.3 Å². The van der Waals surface area contributed by atoms with Gasteiger partial charge in [0.25, 0.3) is 0 Å². The lowest BCUT2D eigenvalue weighted by atomic mass is 10.1. The van der Waals surface area contributed by atoms with E-state index in [4.69, 9.17) is 5.73 Å². The summed E-state index contributed by atoms with van der Waals surface area (Å²) in [4.78, 5) is 0. The second-order valence-corrected chi connectivity index (χ2v) is 6.51. The minimum Gasteiger partial charge on any atom is -0.399 e. The number of nitrogens with two attached hydrogens (primary N) is 1. The molecular formula is C19H12F6N6. The van der Waals surface area contributed by atoms with Gasteiger partial charge >= 0.3 is 12.4 Å². The minimum atomic E-state index is -5.02. The lowest BCUT2D eigenvalue weighted by molar-refractivity contribution is -0.143. The third kappa shape index (κ3) is 4.09. The molecule has 0 aliphatic rings. The maximum atomic E-state index is 13.2. The number of hydrogen-bond donors (Lipinski definition) is 1. The molecule has 0 unspecified atom stereocenters. The minimum absolute atomic E-state index is 0.0246. The Balaban J connectivity index is 1.68. The first-order valence-corrected chi connectivity index (χ1v) is 8.66. The number of anilines is 1. The molecule has 12 heteroatoms. The van der Waals surface area contributed by atoms with Gasteiger partial charge in [0.15, 0.2) is 5.69 Å². The van der Waals surface area contributed by atoms with Crippen LogP contribution in [0.25, 0.3) is 22.6 Å². The van der Waals surface area contributed by atoms with E-state index in [0.717, 1.165) is 0 Å². The Morgan fingerprint density at radius 2 is 1.48 bits per heavy atom. The third-order valence-electron chi connectivity index (χ3n) is 4.32. The van der Waals surface area contributed by atoms with Crippen LogP contribution in [0.15, 0.2) is 60.8 Å². The molecule has 0 saturated carbocycles. The Kier molecular flexibility index (Phi) is 4.71. The highest BCUT2D eigenvalue weighted by molar-refractivity contribution is 5.63. The van der Waals surface area contributed by atoms with Gasteiger partial charge in [0.1, 0.15) is 11.4 Å². The predicted octanol–water partition coefficient (Wildman–Crippen LogP) is 4.74. The van der Waals surface area contributed by atoms with Crippen molar-refractivity contribution in [2.24, 2.45) is 0 Å². The molecule has 2 aromatic heterocycles. The monoisotopic (exact) mass is 438 g/mol. The number of halogens is 6. The maximum absolute atomic E-state index is 13.2. The summed E-state index contributed by atoms with van der Waals surface area (Å²) in [5.41, 5.74) is 4.59. The van der Waals surface area contributed by atoms with Crippen LogP contribution in [0.3, 0.4) is 0 Å². The summed E-state index contributed by atoms with van der Waals surface area (Å²) in [7, 11) is 0. The van der Waals surface area contributed by atoms with Crippen molar-refractivity contribution in [3.05, 3.63) is 72.2 Å². The van der Waals surface area contributed by atoms with E-state index in [1.807, 2.05) is 0 Å². The van der Waals surface area contributed by atoms with Gasteiger partial charge in [0.2, 0.25) is 0 Å². The zero-order valence-electron chi connectivity index (χ0n) is 15.4. The highest BCUT2D eigenvalue weighted by Crippen LogP contribution is 2.36. The van der Waals surface area contributed by atoms with Crippen molar-refractivity contribution in [3.8, 4) is 22.6 Å². The number of benzene rings is 2. The van der Waals surface area contributed by atoms with Crippen LogP contribution in [-0.4, -0.2) is 24.8 Å². The molecule has 0 atom stereocenters. The Hall–Kier alpha value is -3.83. The van der Waals surface area contributed by atoms with Crippen molar-refractivity contribution < 1.29 is 26.3 Å².